The lowest BCUT2D eigenvalue weighted by atomic mass is 9.54. The minimum Gasteiger partial charge on any atom is -0.508 e. The van der Waals surface area contributed by atoms with Gasteiger partial charge in [-0.15, -0.1) is 0 Å². The van der Waals surface area contributed by atoms with Crippen LogP contribution >= 0.6 is 0 Å². The molecule has 24 heavy (non-hydrogen) atoms. The van der Waals surface area contributed by atoms with Gasteiger partial charge in [0.15, 0.2) is 5.76 Å². The number of aromatic hydroxyl groups is 1. The third kappa shape index (κ3) is 1.98. The quantitative estimate of drug-likeness (QED) is 0.811. The molecule has 128 valence electrons. The third-order valence-electron chi connectivity index (χ3n) is 5.81. The Kier molecular flexibility index (Phi) is 3.45. The molecule has 0 unspecified atom stereocenters. The molecule has 2 aliphatic rings. The Morgan fingerprint density at radius 3 is 2.29 bits per heavy atom. The van der Waals surface area contributed by atoms with Crippen LogP contribution < -0.4 is 0 Å². The molecule has 1 atom stereocenters. The number of hydrogen-bond acceptors (Lipinski definition) is 4. The van der Waals surface area contributed by atoms with Gasteiger partial charge < -0.3 is 10.2 Å². The van der Waals surface area contributed by atoms with Gasteiger partial charge in [-0.1, -0.05) is 20.8 Å². The van der Waals surface area contributed by atoms with Crippen molar-refractivity contribution in [1.29, 1.82) is 0 Å². The molecule has 0 radical (unpaired) electrons. The van der Waals surface area contributed by atoms with Gasteiger partial charge in [0.1, 0.15) is 11.5 Å². The lowest BCUT2D eigenvalue weighted by molar-refractivity contribution is -0.127. The zero-order valence-electron chi connectivity index (χ0n) is 14.9. The van der Waals surface area contributed by atoms with Crippen LogP contribution in [-0.2, 0) is 10.2 Å². The number of aliphatic hydroxyl groups is 1. The number of rotatable bonds is 1. The molecule has 0 bridgehead atoms. The minimum atomic E-state index is -0.892. The van der Waals surface area contributed by atoms with Gasteiger partial charge >= 0.3 is 0 Å². The molecule has 0 aromatic heterocycles. The van der Waals surface area contributed by atoms with E-state index in [9.17, 15) is 19.8 Å². The van der Waals surface area contributed by atoms with Crippen LogP contribution in [0.4, 0.5) is 0 Å². The molecule has 4 heteroatoms. The van der Waals surface area contributed by atoms with Crippen LogP contribution in [-0.4, -0.2) is 21.8 Å². The number of fused-ring (bicyclic) bond motifs is 3. The maximum atomic E-state index is 12.8. The fourth-order valence-corrected chi connectivity index (χ4v) is 4.41. The number of ketones is 2. The van der Waals surface area contributed by atoms with Crippen LogP contribution in [0.1, 0.15) is 74.9 Å². The first-order valence-electron chi connectivity index (χ1n) is 8.41. The molecule has 4 nitrogen and oxygen atoms in total. The fraction of sp³-hybridized carbons (Fsp3) is 0.500. The van der Waals surface area contributed by atoms with Crippen molar-refractivity contribution in [3.05, 3.63) is 40.2 Å². The first-order valence-corrected chi connectivity index (χ1v) is 8.41. The average Bonchev–Trinajstić information content (AvgIpc) is 2.48. The number of allylic oxidation sites excluding steroid dienone is 2. The predicted octanol–water partition coefficient (Wildman–Crippen LogP) is 4.17. The number of Topliss-reactive ketones (excluding diaryl/α,β-unsaturated/α-hetero) is 2. The third-order valence-corrected chi connectivity index (χ3v) is 5.81. The van der Waals surface area contributed by atoms with Crippen LogP contribution in [0.5, 0.6) is 5.75 Å². The SMILES string of the molecule is CC(C)c1cc2c(cc1O)[C@@]1(C)CCC(=O)C(C)(C)C1=C(O)C2=O. The first-order chi connectivity index (χ1) is 11.0. The monoisotopic (exact) mass is 328 g/mol. The van der Waals surface area contributed by atoms with Crippen molar-refractivity contribution in [2.75, 3.05) is 0 Å². The summed E-state index contributed by atoms with van der Waals surface area (Å²) in [6.07, 6.45) is 0.913. The van der Waals surface area contributed by atoms with Gasteiger partial charge in [0.25, 0.3) is 0 Å². The van der Waals surface area contributed by atoms with E-state index in [0.717, 1.165) is 0 Å². The van der Waals surface area contributed by atoms with E-state index in [4.69, 9.17) is 0 Å². The standard InChI is InChI=1S/C20H24O4/c1-10(2)11-8-12-13(9-14(11)21)20(5)7-6-15(22)19(3,4)18(20)17(24)16(12)23/h8-10,21,24H,6-7H2,1-5H3/t20-/m1/s1. The summed E-state index contributed by atoms with van der Waals surface area (Å²) < 4.78 is 0. The fourth-order valence-electron chi connectivity index (χ4n) is 4.41. The zero-order chi connectivity index (χ0) is 18.0. The highest BCUT2D eigenvalue weighted by molar-refractivity contribution is 6.12. The summed E-state index contributed by atoms with van der Waals surface area (Å²) in [5.74, 6) is -0.507. The lowest BCUT2D eigenvalue weighted by Gasteiger charge is -2.48. The molecule has 0 saturated heterocycles. The van der Waals surface area contributed by atoms with Crippen LogP contribution in [0.2, 0.25) is 0 Å². The first kappa shape index (κ1) is 16.7. The molecular weight excluding hydrogens is 304 g/mol. The normalized spacial score (nSPS) is 25.8. The Labute approximate surface area is 142 Å². The maximum Gasteiger partial charge on any atom is 0.227 e. The maximum absolute atomic E-state index is 12.8. The molecule has 1 aromatic rings. The lowest BCUT2D eigenvalue weighted by Crippen LogP contribution is -2.47. The molecule has 0 aliphatic heterocycles. The van der Waals surface area contributed by atoms with Crippen molar-refractivity contribution in [2.24, 2.45) is 5.41 Å². The number of carbonyl (C=O) groups excluding carboxylic acids is 2. The van der Waals surface area contributed by atoms with Gasteiger partial charge in [0.05, 0.1) is 0 Å². The Balaban J connectivity index is 2.34. The largest absolute Gasteiger partial charge is 0.508 e. The van der Waals surface area contributed by atoms with Crippen molar-refractivity contribution in [3.8, 4) is 5.75 Å². The van der Waals surface area contributed by atoms with E-state index in [-0.39, 0.29) is 23.2 Å². The number of phenols is 1. The summed E-state index contributed by atoms with van der Waals surface area (Å²) in [6.45, 7) is 9.37. The second-order valence-electron chi connectivity index (χ2n) is 8.04. The zero-order valence-corrected chi connectivity index (χ0v) is 14.9. The molecular formula is C20H24O4. The van der Waals surface area contributed by atoms with E-state index in [2.05, 4.69) is 0 Å². The molecule has 2 aliphatic carbocycles. The summed E-state index contributed by atoms with van der Waals surface area (Å²) in [4.78, 5) is 25.2. The Morgan fingerprint density at radius 1 is 1.08 bits per heavy atom. The van der Waals surface area contributed by atoms with E-state index < -0.39 is 16.6 Å². The Bertz CT molecular complexity index is 798. The minimum absolute atomic E-state index is 0.0285. The molecule has 3 rings (SSSR count). The van der Waals surface area contributed by atoms with Crippen LogP contribution in [0, 0.1) is 5.41 Å². The van der Waals surface area contributed by atoms with Crippen LogP contribution in [0.25, 0.3) is 0 Å². The van der Waals surface area contributed by atoms with Crippen molar-refractivity contribution in [1.82, 2.24) is 0 Å². The van der Waals surface area contributed by atoms with E-state index in [0.29, 0.717) is 35.1 Å². The molecule has 2 N–H and O–H groups in total. The van der Waals surface area contributed by atoms with Crippen molar-refractivity contribution in [3.63, 3.8) is 0 Å². The molecule has 0 amide bonds. The number of phenolic OH excluding ortho intramolecular Hbond substituents is 1. The molecule has 0 heterocycles. The van der Waals surface area contributed by atoms with E-state index >= 15 is 0 Å². The highest BCUT2D eigenvalue weighted by Crippen LogP contribution is 2.55. The summed E-state index contributed by atoms with van der Waals surface area (Å²) in [5, 5.41) is 21.1. The predicted molar refractivity (Wildman–Crippen MR) is 91.6 cm³/mol. The van der Waals surface area contributed by atoms with Gasteiger partial charge in [-0.3, -0.25) is 9.59 Å². The van der Waals surface area contributed by atoms with Gasteiger partial charge in [-0.25, -0.2) is 0 Å². The molecule has 1 aromatic carbocycles. The smallest absolute Gasteiger partial charge is 0.227 e. The molecule has 1 fully saturated rings. The van der Waals surface area contributed by atoms with Gasteiger partial charge in [0, 0.05) is 22.8 Å². The number of aliphatic hydroxyl groups excluding tert-OH is 1. The van der Waals surface area contributed by atoms with E-state index in [1.54, 1.807) is 26.0 Å². The van der Waals surface area contributed by atoms with Gasteiger partial charge in [-0.05, 0) is 55.0 Å². The number of carbonyl (C=O) groups is 2. The Hall–Kier alpha value is -2.10. The topological polar surface area (TPSA) is 74.6 Å². The van der Waals surface area contributed by atoms with Crippen molar-refractivity contribution >= 4 is 11.6 Å². The van der Waals surface area contributed by atoms with Crippen LogP contribution in [0.15, 0.2) is 23.5 Å². The second-order valence-corrected chi connectivity index (χ2v) is 8.04. The molecule has 0 spiro atoms. The van der Waals surface area contributed by atoms with E-state index in [1.165, 1.54) is 0 Å². The highest BCUT2D eigenvalue weighted by Gasteiger charge is 2.53. The van der Waals surface area contributed by atoms with Gasteiger partial charge in [-0.2, -0.15) is 0 Å². The highest BCUT2D eigenvalue weighted by atomic mass is 16.3. The summed E-state index contributed by atoms with van der Waals surface area (Å²) in [5.41, 5.74) is 0.802. The number of benzene rings is 1. The van der Waals surface area contributed by atoms with Crippen molar-refractivity contribution in [2.45, 2.75) is 58.8 Å². The van der Waals surface area contributed by atoms with Crippen molar-refractivity contribution < 1.29 is 19.8 Å². The second kappa shape index (κ2) is 4.95. The van der Waals surface area contributed by atoms with E-state index in [1.807, 2.05) is 20.8 Å². The Morgan fingerprint density at radius 2 is 1.71 bits per heavy atom. The summed E-state index contributed by atoms with van der Waals surface area (Å²) >= 11 is 0. The molecule has 1 saturated carbocycles. The summed E-state index contributed by atoms with van der Waals surface area (Å²) in [6, 6.07) is 3.35. The summed E-state index contributed by atoms with van der Waals surface area (Å²) in [7, 11) is 0. The van der Waals surface area contributed by atoms with Crippen LogP contribution in [0.3, 0.4) is 0 Å². The average molecular weight is 328 g/mol. The number of hydrogen-bond donors (Lipinski definition) is 2. The van der Waals surface area contributed by atoms with Gasteiger partial charge in [0.2, 0.25) is 5.78 Å².